The van der Waals surface area contributed by atoms with Gasteiger partial charge in [-0.25, -0.2) is 9.67 Å². The second kappa shape index (κ2) is 4.20. The van der Waals surface area contributed by atoms with Crippen molar-refractivity contribution in [1.82, 2.24) is 19.7 Å². The van der Waals surface area contributed by atoms with E-state index in [0.29, 0.717) is 16.9 Å². The highest BCUT2D eigenvalue weighted by Gasteiger charge is 2.14. The highest BCUT2D eigenvalue weighted by Crippen LogP contribution is 2.17. The first kappa shape index (κ1) is 11.1. The molecule has 0 aliphatic carbocycles. The van der Waals surface area contributed by atoms with Crippen molar-refractivity contribution in [1.29, 1.82) is 0 Å². The summed E-state index contributed by atoms with van der Waals surface area (Å²) in [6.07, 6.45) is 2.96. The summed E-state index contributed by atoms with van der Waals surface area (Å²) < 4.78 is 1.55. The minimum atomic E-state index is 0.000463. The smallest absolute Gasteiger partial charge is 0.174 e. The quantitative estimate of drug-likeness (QED) is 0.337. The van der Waals surface area contributed by atoms with Crippen molar-refractivity contribution in [3.8, 4) is 5.69 Å². The molecule has 0 bridgehead atoms. The van der Waals surface area contributed by atoms with Gasteiger partial charge in [0.25, 0.3) is 0 Å². The molecule has 2 heterocycles. The second-order valence-electron chi connectivity index (χ2n) is 3.57. The molecule has 0 saturated heterocycles. The third kappa shape index (κ3) is 1.94. The molecule has 88 valence electrons. The maximum atomic E-state index is 8.79. The maximum absolute atomic E-state index is 8.79. The van der Waals surface area contributed by atoms with Gasteiger partial charge < -0.3 is 10.9 Å². The molecule has 7 heteroatoms. The van der Waals surface area contributed by atoms with Crippen molar-refractivity contribution in [2.75, 3.05) is 0 Å². The zero-order chi connectivity index (χ0) is 12.4. The molecule has 3 N–H and O–H groups in total. The van der Waals surface area contributed by atoms with Crippen LogP contribution in [0.3, 0.4) is 0 Å². The largest absolute Gasteiger partial charge is 0.409 e. The van der Waals surface area contributed by atoms with Gasteiger partial charge in [0, 0.05) is 5.69 Å². The zero-order valence-electron chi connectivity index (χ0n) is 9.49. The topological polar surface area (TPSA) is 102 Å². The molecule has 0 amide bonds. The number of nitrogens with two attached hydrogens (primary N) is 1. The Bertz CT molecular complexity index is 560. The SMILES string of the molecule is Cc1cc(-n2cncn2)c(/C(N)=N/O)c(C)n1. The highest BCUT2D eigenvalue weighted by molar-refractivity contribution is 6.01. The molecular weight excluding hydrogens is 220 g/mol. The van der Waals surface area contributed by atoms with E-state index in [1.54, 1.807) is 24.0 Å². The molecule has 0 unspecified atom stereocenters. The van der Waals surface area contributed by atoms with E-state index in [1.165, 1.54) is 6.33 Å². The molecule has 17 heavy (non-hydrogen) atoms. The van der Waals surface area contributed by atoms with Crippen LogP contribution in [0.2, 0.25) is 0 Å². The number of hydrogen-bond donors (Lipinski definition) is 2. The molecule has 0 saturated carbocycles. The Kier molecular flexibility index (Phi) is 2.73. The van der Waals surface area contributed by atoms with Crippen molar-refractivity contribution in [3.05, 3.63) is 35.7 Å². The molecule has 0 aliphatic heterocycles. The van der Waals surface area contributed by atoms with Gasteiger partial charge in [-0.15, -0.1) is 0 Å². The van der Waals surface area contributed by atoms with E-state index in [1.807, 2.05) is 6.92 Å². The summed E-state index contributed by atoms with van der Waals surface area (Å²) in [6.45, 7) is 3.66. The van der Waals surface area contributed by atoms with Crippen LogP contribution in [0.5, 0.6) is 0 Å². The molecular formula is C10H12N6O. The average molecular weight is 232 g/mol. The summed E-state index contributed by atoms with van der Waals surface area (Å²) in [4.78, 5) is 8.15. The predicted molar refractivity (Wildman–Crippen MR) is 61.1 cm³/mol. The normalized spacial score (nSPS) is 11.8. The van der Waals surface area contributed by atoms with E-state index < -0.39 is 0 Å². The van der Waals surface area contributed by atoms with E-state index in [0.717, 1.165) is 5.69 Å². The predicted octanol–water partition coefficient (Wildman–Crippen LogP) is 0.374. The number of hydrogen-bond acceptors (Lipinski definition) is 5. The lowest BCUT2D eigenvalue weighted by Gasteiger charge is -2.11. The van der Waals surface area contributed by atoms with Crippen molar-refractivity contribution in [3.63, 3.8) is 0 Å². The molecule has 0 radical (unpaired) electrons. The fraction of sp³-hybridized carbons (Fsp3) is 0.200. The lowest BCUT2D eigenvalue weighted by Crippen LogP contribution is -2.19. The summed E-state index contributed by atoms with van der Waals surface area (Å²) >= 11 is 0. The molecule has 7 nitrogen and oxygen atoms in total. The lowest BCUT2D eigenvalue weighted by atomic mass is 10.1. The third-order valence-electron chi connectivity index (χ3n) is 2.34. The van der Waals surface area contributed by atoms with Crippen LogP contribution in [-0.2, 0) is 0 Å². The first-order valence-electron chi connectivity index (χ1n) is 4.94. The fourth-order valence-corrected chi connectivity index (χ4v) is 1.69. The van der Waals surface area contributed by atoms with Gasteiger partial charge in [-0.3, -0.25) is 4.98 Å². The van der Waals surface area contributed by atoms with Crippen molar-refractivity contribution in [2.24, 2.45) is 10.9 Å². The van der Waals surface area contributed by atoms with Crippen molar-refractivity contribution >= 4 is 5.84 Å². The number of pyridine rings is 1. The number of aromatic nitrogens is 4. The molecule has 2 aromatic heterocycles. The third-order valence-corrected chi connectivity index (χ3v) is 2.34. The van der Waals surface area contributed by atoms with Crippen LogP contribution in [0.15, 0.2) is 23.9 Å². The van der Waals surface area contributed by atoms with Crippen LogP contribution in [0, 0.1) is 13.8 Å². The second-order valence-corrected chi connectivity index (χ2v) is 3.57. The molecule has 0 spiro atoms. The molecule has 0 atom stereocenters. The number of aryl methyl sites for hydroxylation is 2. The van der Waals surface area contributed by atoms with Gasteiger partial charge >= 0.3 is 0 Å². The zero-order valence-corrected chi connectivity index (χ0v) is 9.49. The van der Waals surface area contributed by atoms with Gasteiger partial charge in [0.15, 0.2) is 5.84 Å². The van der Waals surface area contributed by atoms with Crippen LogP contribution in [0.25, 0.3) is 5.69 Å². The Morgan fingerprint density at radius 2 is 2.24 bits per heavy atom. The van der Waals surface area contributed by atoms with Gasteiger partial charge in [0.2, 0.25) is 0 Å². The van der Waals surface area contributed by atoms with Crippen LogP contribution in [0.4, 0.5) is 0 Å². The van der Waals surface area contributed by atoms with E-state index in [-0.39, 0.29) is 5.84 Å². The van der Waals surface area contributed by atoms with Crippen molar-refractivity contribution in [2.45, 2.75) is 13.8 Å². The standard InChI is InChI=1S/C10H12N6O/c1-6-3-8(16-5-12-4-13-16)9(7(2)14-6)10(11)15-17/h3-5,17H,1-2H3,(H2,11,15). The van der Waals surface area contributed by atoms with Gasteiger partial charge in [0.1, 0.15) is 12.7 Å². The lowest BCUT2D eigenvalue weighted by molar-refractivity contribution is 0.318. The van der Waals surface area contributed by atoms with E-state index in [2.05, 4.69) is 20.2 Å². The van der Waals surface area contributed by atoms with E-state index >= 15 is 0 Å². The number of rotatable bonds is 2. The Balaban J connectivity index is 2.72. The monoisotopic (exact) mass is 232 g/mol. The molecule has 0 aromatic carbocycles. The van der Waals surface area contributed by atoms with Crippen LogP contribution in [-0.4, -0.2) is 30.8 Å². The summed E-state index contributed by atoms with van der Waals surface area (Å²) in [5.74, 6) is 0.000463. The van der Waals surface area contributed by atoms with E-state index in [4.69, 9.17) is 10.9 Å². The summed E-state index contributed by atoms with van der Waals surface area (Å²) in [7, 11) is 0. The molecule has 0 fully saturated rings. The minimum absolute atomic E-state index is 0.000463. The Morgan fingerprint density at radius 3 is 2.82 bits per heavy atom. The fourth-order valence-electron chi connectivity index (χ4n) is 1.69. The Morgan fingerprint density at radius 1 is 1.47 bits per heavy atom. The molecule has 2 aromatic rings. The maximum Gasteiger partial charge on any atom is 0.174 e. The number of nitrogens with zero attached hydrogens (tertiary/aromatic N) is 5. The molecule has 0 aliphatic rings. The number of amidine groups is 1. The average Bonchev–Trinajstić information content (AvgIpc) is 2.80. The Hall–Kier alpha value is -2.44. The van der Waals surface area contributed by atoms with Gasteiger partial charge in [-0.1, -0.05) is 5.16 Å². The van der Waals surface area contributed by atoms with Gasteiger partial charge in [0.05, 0.1) is 16.9 Å². The van der Waals surface area contributed by atoms with E-state index in [9.17, 15) is 0 Å². The van der Waals surface area contributed by atoms with Gasteiger partial charge in [-0.05, 0) is 19.9 Å². The highest BCUT2D eigenvalue weighted by atomic mass is 16.4. The summed E-state index contributed by atoms with van der Waals surface area (Å²) in [5.41, 5.74) is 8.37. The Labute approximate surface area is 97.6 Å². The van der Waals surface area contributed by atoms with Crippen molar-refractivity contribution < 1.29 is 5.21 Å². The first-order chi connectivity index (χ1) is 8.13. The number of oxime groups is 1. The summed E-state index contributed by atoms with van der Waals surface area (Å²) in [5, 5.41) is 15.8. The molecule has 2 rings (SSSR count). The summed E-state index contributed by atoms with van der Waals surface area (Å²) in [6, 6.07) is 1.80. The first-order valence-corrected chi connectivity index (χ1v) is 4.94. The van der Waals surface area contributed by atoms with Crippen LogP contribution < -0.4 is 5.73 Å². The minimum Gasteiger partial charge on any atom is -0.409 e. The van der Waals surface area contributed by atoms with Crippen LogP contribution >= 0.6 is 0 Å². The van der Waals surface area contributed by atoms with Crippen LogP contribution in [0.1, 0.15) is 17.0 Å². The van der Waals surface area contributed by atoms with Gasteiger partial charge in [-0.2, -0.15) is 5.10 Å².